The fourth-order valence-corrected chi connectivity index (χ4v) is 8.43. The van der Waals surface area contributed by atoms with Gasteiger partial charge in [0, 0.05) is 10.8 Å². The summed E-state index contributed by atoms with van der Waals surface area (Å²) < 4.78 is 49.5. The van der Waals surface area contributed by atoms with Crippen LogP contribution in [0.2, 0.25) is 0 Å². The van der Waals surface area contributed by atoms with Crippen LogP contribution in [0.5, 0.6) is 0 Å². The van der Waals surface area contributed by atoms with Gasteiger partial charge in [0.1, 0.15) is 0 Å². The largest absolute Gasteiger partial charge is 0.363 e. The Hall–Kier alpha value is -0.0000000000000000416. The van der Waals surface area contributed by atoms with Crippen molar-refractivity contribution < 1.29 is 27.2 Å². The second kappa shape index (κ2) is 9.27. The summed E-state index contributed by atoms with van der Waals surface area (Å²) in [5.74, 6) is 0. The highest BCUT2D eigenvalue weighted by molar-refractivity contribution is 7.69. The topological polar surface area (TPSA) is 71.1 Å². The second-order valence-electron chi connectivity index (χ2n) is 6.75. The average Bonchev–Trinajstić information content (AvgIpc) is 2.84. The Morgan fingerprint density at radius 1 is 0.640 bits per heavy atom. The summed E-state index contributed by atoms with van der Waals surface area (Å²) in [6.07, 6.45) is -1.30. The average molecular weight is 412 g/mol. The molecule has 0 bridgehead atoms. The Kier molecular flexibility index (Phi) is 8.55. The molecule has 0 aliphatic heterocycles. The van der Waals surface area contributed by atoms with Crippen LogP contribution in [0.25, 0.3) is 0 Å². The molecule has 1 aromatic heterocycles. The third-order valence-corrected chi connectivity index (χ3v) is 8.60. The molecule has 0 radical (unpaired) electrons. The van der Waals surface area contributed by atoms with E-state index in [9.17, 15) is 9.13 Å². The van der Waals surface area contributed by atoms with Crippen molar-refractivity contribution in [1.82, 2.24) is 0 Å². The summed E-state index contributed by atoms with van der Waals surface area (Å²) in [6.45, 7) is 14.2. The van der Waals surface area contributed by atoms with Crippen LogP contribution in [0.15, 0.2) is 10.8 Å². The van der Waals surface area contributed by atoms with Crippen molar-refractivity contribution in [3.8, 4) is 0 Å². The van der Waals surface area contributed by atoms with Crippen molar-refractivity contribution in [2.24, 2.45) is 0 Å². The maximum absolute atomic E-state index is 13.5. The van der Waals surface area contributed by atoms with Crippen molar-refractivity contribution >= 4 is 37.1 Å². The third kappa shape index (κ3) is 6.59. The van der Waals surface area contributed by atoms with Gasteiger partial charge in [-0.3, -0.25) is 9.13 Å². The molecule has 0 spiro atoms. The number of rotatable bonds is 10. The molecule has 1 aromatic rings. The van der Waals surface area contributed by atoms with Crippen LogP contribution in [-0.2, 0) is 27.2 Å². The zero-order valence-electron chi connectivity index (χ0n) is 16.2. The van der Waals surface area contributed by atoms with Crippen molar-refractivity contribution in [2.75, 3.05) is 0 Å². The molecule has 0 unspecified atom stereocenters. The molecular weight excluding hydrogens is 382 g/mol. The second-order valence-corrected chi connectivity index (χ2v) is 11.3. The van der Waals surface area contributed by atoms with E-state index in [4.69, 9.17) is 18.1 Å². The van der Waals surface area contributed by atoms with Crippen LogP contribution in [0.1, 0.15) is 55.4 Å². The Morgan fingerprint density at radius 2 is 0.880 bits per heavy atom. The Bertz CT molecular complexity index is 558. The van der Waals surface area contributed by atoms with Gasteiger partial charge in [0.2, 0.25) is 0 Å². The van der Waals surface area contributed by atoms with E-state index in [2.05, 4.69) is 0 Å². The lowest BCUT2D eigenvalue weighted by Crippen LogP contribution is -2.29. The fourth-order valence-electron chi connectivity index (χ4n) is 2.08. The summed E-state index contributed by atoms with van der Waals surface area (Å²) >= 11 is 1.26. The molecule has 0 N–H and O–H groups in total. The lowest BCUT2D eigenvalue weighted by molar-refractivity contribution is 0.146. The normalized spacial score (nSPS) is 13.6. The van der Waals surface area contributed by atoms with Crippen molar-refractivity contribution in [3.63, 3.8) is 0 Å². The van der Waals surface area contributed by atoms with E-state index in [1.165, 1.54) is 11.3 Å². The van der Waals surface area contributed by atoms with Gasteiger partial charge in [-0.1, -0.05) is 0 Å². The van der Waals surface area contributed by atoms with Crippen LogP contribution in [0.4, 0.5) is 0 Å². The lowest BCUT2D eigenvalue weighted by atomic mass is 10.5. The quantitative estimate of drug-likeness (QED) is 0.499. The molecule has 25 heavy (non-hydrogen) atoms. The number of hydrogen-bond donors (Lipinski definition) is 0. The highest BCUT2D eigenvalue weighted by atomic mass is 32.1. The Labute approximate surface area is 155 Å². The molecule has 0 aliphatic rings. The maximum Gasteiger partial charge on any atom is 0.363 e. The van der Waals surface area contributed by atoms with Gasteiger partial charge in [-0.2, -0.15) is 11.3 Å². The van der Waals surface area contributed by atoms with Gasteiger partial charge in [-0.05, 0) is 55.4 Å². The van der Waals surface area contributed by atoms with Crippen molar-refractivity contribution in [1.29, 1.82) is 0 Å². The van der Waals surface area contributed by atoms with Gasteiger partial charge in [0.15, 0.2) is 0 Å². The molecule has 0 amide bonds. The standard InChI is InChI=1S/C16H30O6P2S/c1-11(2)19-23(17,20-12(3)4)15-9-25-10-16(15)24(18,21-13(5)6)22-14(7)8/h9-14H,1-8H3. The summed E-state index contributed by atoms with van der Waals surface area (Å²) in [6, 6.07) is 0. The molecule has 0 saturated heterocycles. The van der Waals surface area contributed by atoms with Crippen LogP contribution in [0.3, 0.4) is 0 Å². The molecule has 1 heterocycles. The molecule has 0 aliphatic carbocycles. The molecule has 0 aromatic carbocycles. The molecule has 146 valence electrons. The summed E-state index contributed by atoms with van der Waals surface area (Å²) in [7, 11) is -7.36. The highest BCUT2D eigenvalue weighted by Gasteiger charge is 2.42. The van der Waals surface area contributed by atoms with Crippen LogP contribution < -0.4 is 10.6 Å². The fraction of sp³-hybridized carbons (Fsp3) is 0.750. The van der Waals surface area contributed by atoms with E-state index in [1.54, 1.807) is 66.2 Å². The van der Waals surface area contributed by atoms with E-state index < -0.39 is 15.2 Å². The Balaban J connectivity index is 3.46. The number of hydrogen-bond acceptors (Lipinski definition) is 7. The van der Waals surface area contributed by atoms with Gasteiger partial charge < -0.3 is 18.1 Å². The van der Waals surface area contributed by atoms with Gasteiger partial charge in [0.05, 0.1) is 35.0 Å². The molecule has 0 fully saturated rings. The smallest absolute Gasteiger partial charge is 0.302 e. The summed E-state index contributed by atoms with van der Waals surface area (Å²) in [5, 5.41) is 3.79. The predicted octanol–water partition coefficient (Wildman–Crippen LogP) is 5.08. The number of thiophene rings is 1. The minimum absolute atomic E-state index is 0.254. The molecule has 9 heteroatoms. The maximum atomic E-state index is 13.5. The Morgan fingerprint density at radius 3 is 1.08 bits per heavy atom. The van der Waals surface area contributed by atoms with E-state index in [0.717, 1.165) is 0 Å². The van der Waals surface area contributed by atoms with Gasteiger partial charge in [0.25, 0.3) is 0 Å². The first-order chi connectivity index (χ1) is 11.4. The van der Waals surface area contributed by atoms with Crippen molar-refractivity contribution in [3.05, 3.63) is 10.8 Å². The van der Waals surface area contributed by atoms with E-state index in [0.29, 0.717) is 0 Å². The SMILES string of the molecule is CC(C)OP(=O)(OC(C)C)c1cscc1P(=O)(OC(C)C)OC(C)C. The van der Waals surface area contributed by atoms with E-state index in [1.807, 2.05) is 0 Å². The van der Waals surface area contributed by atoms with Crippen LogP contribution in [0, 0.1) is 0 Å². The highest BCUT2D eigenvalue weighted by Crippen LogP contribution is 2.55. The summed E-state index contributed by atoms with van der Waals surface area (Å²) in [5.41, 5.74) is 0. The zero-order valence-corrected chi connectivity index (χ0v) is 18.8. The predicted molar refractivity (Wildman–Crippen MR) is 104 cm³/mol. The minimum atomic E-state index is -3.68. The first kappa shape index (κ1) is 23.0. The van der Waals surface area contributed by atoms with Crippen molar-refractivity contribution in [2.45, 2.75) is 79.8 Å². The molecule has 1 rings (SSSR count). The van der Waals surface area contributed by atoms with Crippen LogP contribution >= 0.6 is 26.5 Å². The monoisotopic (exact) mass is 412 g/mol. The molecule has 6 nitrogen and oxygen atoms in total. The zero-order chi connectivity index (χ0) is 19.4. The van der Waals surface area contributed by atoms with E-state index >= 15 is 0 Å². The van der Waals surface area contributed by atoms with Gasteiger partial charge >= 0.3 is 15.2 Å². The first-order valence-corrected chi connectivity index (χ1v) is 12.4. The third-order valence-electron chi connectivity index (χ3n) is 2.61. The first-order valence-electron chi connectivity index (χ1n) is 8.40. The lowest BCUT2D eigenvalue weighted by Gasteiger charge is -2.27. The summed E-state index contributed by atoms with van der Waals surface area (Å²) in [4.78, 5) is 0. The van der Waals surface area contributed by atoms with Gasteiger partial charge in [-0.25, -0.2) is 0 Å². The minimum Gasteiger partial charge on any atom is -0.302 e. The van der Waals surface area contributed by atoms with E-state index in [-0.39, 0.29) is 35.0 Å². The molecule has 0 saturated carbocycles. The van der Waals surface area contributed by atoms with Gasteiger partial charge in [-0.15, -0.1) is 0 Å². The molecular formula is C16H30O6P2S. The molecule has 0 atom stereocenters. The van der Waals surface area contributed by atoms with Crippen LogP contribution in [-0.4, -0.2) is 24.4 Å².